The van der Waals surface area contributed by atoms with Crippen LogP contribution < -0.4 is 11.3 Å². The van der Waals surface area contributed by atoms with Crippen molar-refractivity contribution in [3.8, 4) is 0 Å². The van der Waals surface area contributed by atoms with Gasteiger partial charge in [0.25, 0.3) is 0 Å². The first kappa shape index (κ1) is 15.4. The highest BCUT2D eigenvalue weighted by Crippen LogP contribution is 2.20. The van der Waals surface area contributed by atoms with Gasteiger partial charge >= 0.3 is 0 Å². The zero-order chi connectivity index (χ0) is 14.5. The number of hydrogen-bond donors (Lipinski definition) is 2. The van der Waals surface area contributed by atoms with Gasteiger partial charge in [0, 0.05) is 27.9 Å². The minimum absolute atomic E-state index is 0.00550. The Kier molecular flexibility index (Phi) is 5.48. The minimum atomic E-state index is -0.341. The summed E-state index contributed by atoms with van der Waals surface area (Å²) in [6.07, 6.45) is 4.84. The Morgan fingerprint density at radius 1 is 1.30 bits per heavy atom. The monoisotopic (exact) mass is 357 g/mol. The lowest BCUT2D eigenvalue weighted by Gasteiger charge is -2.17. The first-order chi connectivity index (χ1) is 9.58. The van der Waals surface area contributed by atoms with Crippen molar-refractivity contribution in [1.29, 1.82) is 0 Å². The standard InChI is InChI=1S/C14H14BrClFN3/c15-11-3-9(7-19-8-11)4-13(20-18)5-10-1-2-12(17)6-14(10)16/h1-3,6-8,13,20H,4-5,18H2. The summed E-state index contributed by atoms with van der Waals surface area (Å²) in [5, 5.41) is 0.414. The molecule has 0 aliphatic rings. The van der Waals surface area contributed by atoms with E-state index in [1.165, 1.54) is 12.1 Å². The van der Waals surface area contributed by atoms with E-state index in [0.717, 1.165) is 15.6 Å². The molecule has 0 saturated heterocycles. The Hall–Kier alpha value is -1.01. The molecule has 0 amide bonds. The third-order valence-electron chi connectivity index (χ3n) is 2.96. The number of rotatable bonds is 5. The van der Waals surface area contributed by atoms with Crippen LogP contribution >= 0.6 is 27.5 Å². The summed E-state index contributed by atoms with van der Waals surface area (Å²) in [4.78, 5) is 4.12. The van der Waals surface area contributed by atoms with Crippen LogP contribution in [0.25, 0.3) is 0 Å². The average molecular weight is 359 g/mol. The van der Waals surface area contributed by atoms with Crippen LogP contribution in [0.5, 0.6) is 0 Å². The summed E-state index contributed by atoms with van der Waals surface area (Å²) in [5.74, 6) is 5.25. The number of nitrogens with two attached hydrogens (primary N) is 1. The van der Waals surface area contributed by atoms with Gasteiger partial charge in [-0.1, -0.05) is 17.7 Å². The molecule has 0 radical (unpaired) electrons. The van der Waals surface area contributed by atoms with Crippen LogP contribution in [-0.2, 0) is 12.8 Å². The first-order valence-corrected chi connectivity index (χ1v) is 7.25. The highest BCUT2D eigenvalue weighted by Gasteiger charge is 2.12. The van der Waals surface area contributed by atoms with Gasteiger partial charge in [0.15, 0.2) is 0 Å². The summed E-state index contributed by atoms with van der Waals surface area (Å²) < 4.78 is 13.9. The number of aromatic nitrogens is 1. The first-order valence-electron chi connectivity index (χ1n) is 6.08. The second-order valence-electron chi connectivity index (χ2n) is 4.52. The molecule has 1 unspecified atom stereocenters. The lowest BCUT2D eigenvalue weighted by atomic mass is 10.0. The van der Waals surface area contributed by atoms with Crippen LogP contribution in [0.3, 0.4) is 0 Å². The van der Waals surface area contributed by atoms with Crippen molar-refractivity contribution < 1.29 is 4.39 Å². The molecule has 3 N–H and O–H groups in total. The van der Waals surface area contributed by atoms with Gasteiger partial charge in [-0.3, -0.25) is 16.3 Å². The fourth-order valence-electron chi connectivity index (χ4n) is 1.99. The maximum atomic E-state index is 13.0. The SMILES string of the molecule is NNC(Cc1cncc(Br)c1)Cc1ccc(F)cc1Cl. The molecule has 1 aromatic heterocycles. The van der Waals surface area contributed by atoms with Crippen LogP contribution in [0.15, 0.2) is 41.1 Å². The van der Waals surface area contributed by atoms with Crippen molar-refractivity contribution in [3.05, 3.63) is 63.1 Å². The highest BCUT2D eigenvalue weighted by atomic mass is 79.9. The fraction of sp³-hybridized carbons (Fsp3) is 0.214. The van der Waals surface area contributed by atoms with Gasteiger partial charge in [0.05, 0.1) is 0 Å². The predicted octanol–water partition coefficient (Wildman–Crippen LogP) is 3.25. The van der Waals surface area contributed by atoms with Gasteiger partial charge in [-0.2, -0.15) is 0 Å². The van der Waals surface area contributed by atoms with E-state index in [1.54, 1.807) is 18.5 Å². The highest BCUT2D eigenvalue weighted by molar-refractivity contribution is 9.10. The quantitative estimate of drug-likeness (QED) is 0.637. The molecule has 106 valence electrons. The summed E-state index contributed by atoms with van der Waals surface area (Å²) >= 11 is 9.41. The van der Waals surface area contributed by atoms with Crippen LogP contribution in [-0.4, -0.2) is 11.0 Å². The van der Waals surface area contributed by atoms with Crippen LogP contribution in [0.2, 0.25) is 5.02 Å². The second-order valence-corrected chi connectivity index (χ2v) is 5.84. The lowest BCUT2D eigenvalue weighted by molar-refractivity contribution is 0.521. The van der Waals surface area contributed by atoms with E-state index < -0.39 is 0 Å². The van der Waals surface area contributed by atoms with Crippen molar-refractivity contribution in [2.45, 2.75) is 18.9 Å². The maximum absolute atomic E-state index is 13.0. The van der Waals surface area contributed by atoms with Gasteiger partial charge in [-0.05, 0) is 58.1 Å². The number of nitrogens with one attached hydrogen (secondary N) is 1. The third kappa shape index (κ3) is 4.24. The molecule has 2 aromatic rings. The van der Waals surface area contributed by atoms with Crippen molar-refractivity contribution in [2.24, 2.45) is 5.84 Å². The van der Waals surface area contributed by atoms with Crippen LogP contribution in [0.4, 0.5) is 4.39 Å². The molecule has 0 fully saturated rings. The maximum Gasteiger partial charge on any atom is 0.124 e. The number of pyridine rings is 1. The normalized spacial score (nSPS) is 12.4. The predicted molar refractivity (Wildman–Crippen MR) is 81.9 cm³/mol. The zero-order valence-corrected chi connectivity index (χ0v) is 13.0. The Morgan fingerprint density at radius 2 is 2.10 bits per heavy atom. The van der Waals surface area contributed by atoms with Crippen LogP contribution in [0, 0.1) is 5.82 Å². The van der Waals surface area contributed by atoms with E-state index in [1.807, 2.05) is 6.07 Å². The van der Waals surface area contributed by atoms with E-state index in [4.69, 9.17) is 17.4 Å². The second kappa shape index (κ2) is 7.13. The van der Waals surface area contributed by atoms with Crippen LogP contribution in [0.1, 0.15) is 11.1 Å². The molecule has 3 nitrogen and oxygen atoms in total. The Morgan fingerprint density at radius 3 is 2.75 bits per heavy atom. The van der Waals surface area contributed by atoms with Crippen molar-refractivity contribution in [2.75, 3.05) is 0 Å². The van der Waals surface area contributed by atoms with Crippen molar-refractivity contribution in [3.63, 3.8) is 0 Å². The molecular weight excluding hydrogens is 345 g/mol. The molecule has 0 aliphatic heterocycles. The number of hydrazine groups is 1. The molecule has 0 saturated carbocycles. The molecule has 1 heterocycles. The van der Waals surface area contributed by atoms with E-state index in [-0.39, 0.29) is 11.9 Å². The summed E-state index contributed by atoms with van der Waals surface area (Å²) in [5.41, 5.74) is 4.68. The molecule has 1 aromatic carbocycles. The van der Waals surface area contributed by atoms with Gasteiger partial charge in [-0.25, -0.2) is 4.39 Å². The number of hydrogen-bond acceptors (Lipinski definition) is 3. The van der Waals surface area contributed by atoms with Crippen molar-refractivity contribution in [1.82, 2.24) is 10.4 Å². The molecule has 0 aliphatic carbocycles. The molecule has 20 heavy (non-hydrogen) atoms. The fourth-order valence-corrected chi connectivity index (χ4v) is 2.65. The Bertz CT molecular complexity index is 594. The molecule has 0 spiro atoms. The number of nitrogens with zero attached hydrogens (tertiary/aromatic N) is 1. The smallest absolute Gasteiger partial charge is 0.124 e. The van der Waals surface area contributed by atoms with Gasteiger partial charge in [-0.15, -0.1) is 0 Å². The van der Waals surface area contributed by atoms with Gasteiger partial charge in [0.1, 0.15) is 5.82 Å². The molecule has 2 rings (SSSR count). The zero-order valence-electron chi connectivity index (χ0n) is 10.6. The molecule has 6 heteroatoms. The molecular formula is C14H14BrClFN3. The van der Waals surface area contributed by atoms with E-state index in [0.29, 0.717) is 17.9 Å². The Balaban J connectivity index is 2.09. The summed E-state index contributed by atoms with van der Waals surface area (Å²) in [6.45, 7) is 0. The van der Waals surface area contributed by atoms with Gasteiger partial charge in [0.2, 0.25) is 0 Å². The number of benzene rings is 1. The minimum Gasteiger partial charge on any atom is -0.271 e. The molecule has 0 bridgehead atoms. The average Bonchev–Trinajstić information content (AvgIpc) is 2.41. The Labute approximate surface area is 130 Å². The van der Waals surface area contributed by atoms with E-state index >= 15 is 0 Å². The van der Waals surface area contributed by atoms with E-state index in [9.17, 15) is 4.39 Å². The number of halogens is 3. The molecule has 1 atom stereocenters. The third-order valence-corrected chi connectivity index (χ3v) is 3.75. The van der Waals surface area contributed by atoms with E-state index in [2.05, 4.69) is 26.3 Å². The summed E-state index contributed by atoms with van der Waals surface area (Å²) in [7, 11) is 0. The largest absolute Gasteiger partial charge is 0.271 e. The summed E-state index contributed by atoms with van der Waals surface area (Å²) in [6, 6.07) is 6.37. The van der Waals surface area contributed by atoms with Crippen molar-refractivity contribution >= 4 is 27.5 Å². The topological polar surface area (TPSA) is 50.9 Å². The van der Waals surface area contributed by atoms with Gasteiger partial charge < -0.3 is 0 Å². The lowest BCUT2D eigenvalue weighted by Crippen LogP contribution is -2.38.